The number of hydrogen-bond acceptors (Lipinski definition) is 3. The zero-order valence-corrected chi connectivity index (χ0v) is 18.9. The second-order valence-corrected chi connectivity index (χ2v) is 11.2. The van der Waals surface area contributed by atoms with Crippen LogP contribution in [0.4, 0.5) is 0 Å². The number of aliphatic hydroxyl groups is 1. The van der Waals surface area contributed by atoms with Crippen molar-refractivity contribution in [2.24, 2.45) is 28.6 Å². The summed E-state index contributed by atoms with van der Waals surface area (Å²) in [4.78, 5) is 0. The Hall–Kier alpha value is -1.94. The minimum atomic E-state index is -0.119. The lowest BCUT2D eigenvalue weighted by Crippen LogP contribution is -2.50. The summed E-state index contributed by atoms with van der Waals surface area (Å²) in [5.74, 6) is 2.33. The summed E-state index contributed by atoms with van der Waals surface area (Å²) < 4.78 is 2.20. The van der Waals surface area contributed by atoms with Crippen molar-refractivity contribution in [2.75, 3.05) is 0 Å². The first-order valence-corrected chi connectivity index (χ1v) is 12.3. The van der Waals surface area contributed by atoms with E-state index in [2.05, 4.69) is 65.4 Å². The maximum atomic E-state index is 10.2. The van der Waals surface area contributed by atoms with E-state index in [4.69, 9.17) is 0 Å². The first-order chi connectivity index (χ1) is 15.0. The highest BCUT2D eigenvalue weighted by atomic mass is 16.3. The second-order valence-electron chi connectivity index (χ2n) is 11.2. The van der Waals surface area contributed by atoms with E-state index in [9.17, 15) is 5.11 Å². The molecular formula is C27H35N3O. The average Bonchev–Trinajstić information content (AvgIpc) is 3.39. The maximum absolute atomic E-state index is 10.2. The Morgan fingerprint density at radius 1 is 1.00 bits per heavy atom. The van der Waals surface area contributed by atoms with Gasteiger partial charge in [-0.2, -0.15) is 0 Å². The Morgan fingerprint density at radius 2 is 1.84 bits per heavy atom. The van der Waals surface area contributed by atoms with Crippen LogP contribution in [-0.4, -0.2) is 26.2 Å². The van der Waals surface area contributed by atoms with Gasteiger partial charge in [0.05, 0.1) is 18.3 Å². The molecule has 3 fully saturated rings. The molecule has 7 atom stereocenters. The molecule has 4 aliphatic carbocycles. The smallest absolute Gasteiger partial charge is 0.113 e. The monoisotopic (exact) mass is 417 g/mol. The fourth-order valence-electron chi connectivity index (χ4n) is 8.22. The first-order valence-electron chi connectivity index (χ1n) is 12.3. The van der Waals surface area contributed by atoms with E-state index in [0.717, 1.165) is 48.3 Å². The largest absolute Gasteiger partial charge is 0.393 e. The number of benzene rings is 1. The van der Waals surface area contributed by atoms with Gasteiger partial charge in [-0.1, -0.05) is 61.0 Å². The van der Waals surface area contributed by atoms with Crippen molar-refractivity contribution in [2.45, 2.75) is 77.4 Å². The fourth-order valence-corrected chi connectivity index (χ4v) is 8.22. The van der Waals surface area contributed by atoms with Crippen LogP contribution in [0, 0.1) is 28.6 Å². The highest BCUT2D eigenvalue weighted by Crippen LogP contribution is 2.67. The molecule has 3 unspecified atom stereocenters. The fraction of sp³-hybridized carbons (Fsp3) is 0.630. The standard InChI is InChI=1S/C27H35N3O/c1-26-14-12-20(31)16-19(26)8-9-21-22-10-11-25(27(22,2)15-13-23(21)26)30-17-24(28-29-30)18-6-4-3-5-7-18/h3-8,17,20-23,25,31H,9-16H2,1-2H3/t20-,21?,22?,23?,25-,26-,27-/m0/s1. The lowest BCUT2D eigenvalue weighted by molar-refractivity contribution is -0.0489. The van der Waals surface area contributed by atoms with Crippen LogP contribution in [0.5, 0.6) is 0 Å². The molecule has 4 nitrogen and oxygen atoms in total. The normalized spacial score (nSPS) is 41.8. The molecule has 4 heteroatoms. The molecule has 4 aliphatic rings. The molecule has 0 bridgehead atoms. The van der Waals surface area contributed by atoms with Crippen LogP contribution in [0.2, 0.25) is 0 Å². The van der Waals surface area contributed by atoms with Crippen LogP contribution in [0.15, 0.2) is 48.2 Å². The van der Waals surface area contributed by atoms with Crippen LogP contribution >= 0.6 is 0 Å². The Morgan fingerprint density at radius 3 is 2.68 bits per heavy atom. The highest BCUT2D eigenvalue weighted by molar-refractivity contribution is 5.57. The minimum Gasteiger partial charge on any atom is -0.393 e. The zero-order valence-electron chi connectivity index (χ0n) is 18.9. The Labute approximate surface area is 185 Å². The summed E-state index contributed by atoms with van der Waals surface area (Å²) in [6, 6.07) is 10.9. The number of rotatable bonds is 2. The Bertz CT molecular complexity index is 997. The molecule has 0 aliphatic heterocycles. The molecule has 0 saturated heterocycles. The van der Waals surface area contributed by atoms with Crippen LogP contribution in [0.1, 0.15) is 71.3 Å². The number of aliphatic hydroxyl groups excluding tert-OH is 1. The molecule has 1 heterocycles. The van der Waals surface area contributed by atoms with Gasteiger partial charge in [-0.05, 0) is 80.0 Å². The molecule has 31 heavy (non-hydrogen) atoms. The summed E-state index contributed by atoms with van der Waals surface area (Å²) in [7, 11) is 0. The van der Waals surface area contributed by atoms with Gasteiger partial charge >= 0.3 is 0 Å². The summed E-state index contributed by atoms with van der Waals surface area (Å²) in [5, 5.41) is 19.4. The number of hydrogen-bond donors (Lipinski definition) is 1. The van der Waals surface area contributed by atoms with Crippen molar-refractivity contribution in [3.8, 4) is 11.3 Å². The molecule has 0 spiro atoms. The number of fused-ring (bicyclic) bond motifs is 5. The SMILES string of the molecule is C[C@]12CC[C@H](O)CC1=CCC1C2CC[C@@]2(C)C1CC[C@@H]2n1cc(-c2ccccc2)nn1. The van der Waals surface area contributed by atoms with Crippen molar-refractivity contribution < 1.29 is 5.11 Å². The third-order valence-corrected chi connectivity index (χ3v) is 9.93. The zero-order chi connectivity index (χ0) is 21.2. The van der Waals surface area contributed by atoms with Crippen LogP contribution in [-0.2, 0) is 0 Å². The summed E-state index contributed by atoms with van der Waals surface area (Å²) in [6.45, 7) is 5.06. The summed E-state index contributed by atoms with van der Waals surface area (Å²) in [6.07, 6.45) is 14.0. The minimum absolute atomic E-state index is 0.119. The number of aromatic nitrogens is 3. The van der Waals surface area contributed by atoms with Crippen molar-refractivity contribution in [3.63, 3.8) is 0 Å². The molecule has 6 rings (SSSR count). The molecule has 0 radical (unpaired) electrons. The number of allylic oxidation sites excluding steroid dienone is 1. The van der Waals surface area contributed by atoms with Gasteiger partial charge in [0.2, 0.25) is 0 Å². The molecule has 1 aromatic heterocycles. The maximum Gasteiger partial charge on any atom is 0.113 e. The van der Waals surface area contributed by atoms with E-state index >= 15 is 0 Å². The molecule has 3 saturated carbocycles. The van der Waals surface area contributed by atoms with E-state index in [0.29, 0.717) is 16.9 Å². The predicted octanol–water partition coefficient (Wildman–Crippen LogP) is 5.81. The predicted molar refractivity (Wildman–Crippen MR) is 122 cm³/mol. The first kappa shape index (κ1) is 19.7. The van der Waals surface area contributed by atoms with Crippen molar-refractivity contribution in [1.82, 2.24) is 15.0 Å². The summed E-state index contributed by atoms with van der Waals surface area (Å²) in [5.41, 5.74) is 4.32. The van der Waals surface area contributed by atoms with E-state index in [1.54, 1.807) is 5.57 Å². The van der Waals surface area contributed by atoms with Crippen LogP contribution < -0.4 is 0 Å². The quantitative estimate of drug-likeness (QED) is 0.627. The summed E-state index contributed by atoms with van der Waals surface area (Å²) >= 11 is 0. The van der Waals surface area contributed by atoms with Gasteiger partial charge in [0.15, 0.2) is 0 Å². The van der Waals surface area contributed by atoms with Crippen LogP contribution in [0.3, 0.4) is 0 Å². The third kappa shape index (κ3) is 2.90. The Balaban J connectivity index is 1.29. The van der Waals surface area contributed by atoms with Crippen molar-refractivity contribution >= 4 is 0 Å². The molecule has 2 aromatic rings. The topological polar surface area (TPSA) is 50.9 Å². The molecule has 0 amide bonds. The van der Waals surface area contributed by atoms with Crippen LogP contribution in [0.25, 0.3) is 11.3 Å². The van der Waals surface area contributed by atoms with Gasteiger partial charge in [-0.15, -0.1) is 5.10 Å². The molecule has 1 aromatic carbocycles. The van der Waals surface area contributed by atoms with Gasteiger partial charge in [-0.25, -0.2) is 4.68 Å². The average molecular weight is 418 g/mol. The molecule has 1 N–H and O–H groups in total. The van der Waals surface area contributed by atoms with E-state index in [1.165, 1.54) is 32.1 Å². The highest BCUT2D eigenvalue weighted by Gasteiger charge is 2.59. The van der Waals surface area contributed by atoms with Crippen molar-refractivity contribution in [3.05, 3.63) is 48.2 Å². The lowest BCUT2D eigenvalue weighted by atomic mass is 9.48. The van der Waals surface area contributed by atoms with Gasteiger partial charge in [-0.3, -0.25) is 0 Å². The number of nitrogens with zero attached hydrogens (tertiary/aromatic N) is 3. The van der Waals surface area contributed by atoms with Gasteiger partial charge in [0, 0.05) is 5.56 Å². The van der Waals surface area contributed by atoms with E-state index in [-0.39, 0.29) is 6.10 Å². The van der Waals surface area contributed by atoms with Crippen molar-refractivity contribution in [1.29, 1.82) is 0 Å². The third-order valence-electron chi connectivity index (χ3n) is 9.93. The Kier molecular flexibility index (Phi) is 4.47. The van der Waals surface area contributed by atoms with Gasteiger partial charge in [0.1, 0.15) is 5.69 Å². The molecule has 164 valence electrons. The van der Waals surface area contributed by atoms with Gasteiger partial charge in [0.25, 0.3) is 0 Å². The van der Waals surface area contributed by atoms with Gasteiger partial charge < -0.3 is 5.11 Å². The molecular weight excluding hydrogens is 382 g/mol. The second kappa shape index (κ2) is 7.03. The van der Waals surface area contributed by atoms with E-state index < -0.39 is 0 Å². The van der Waals surface area contributed by atoms with E-state index in [1.807, 2.05) is 6.07 Å². The lowest BCUT2D eigenvalue weighted by Gasteiger charge is -2.57.